The molecule has 0 spiro atoms. The Morgan fingerprint density at radius 2 is 1.07 bits per heavy atom. The van der Waals surface area contributed by atoms with Gasteiger partial charge >= 0.3 is 23.7 Å². The minimum Gasteiger partial charge on any atom is -0.425 e. The molecule has 28 heavy (non-hydrogen) atoms. The third-order valence-corrected chi connectivity index (χ3v) is 4.03. The molecule has 0 radical (unpaired) electrons. The Hall–Kier alpha value is -1.67. The van der Waals surface area contributed by atoms with Gasteiger partial charge in [-0.1, -0.05) is 41.5 Å². The van der Waals surface area contributed by atoms with E-state index in [1.165, 1.54) is 0 Å². The van der Waals surface area contributed by atoms with Gasteiger partial charge in [0.15, 0.2) is 0 Å². The molecule has 0 heterocycles. The number of esters is 3. The smallest absolute Gasteiger partial charge is 0.348 e. The summed E-state index contributed by atoms with van der Waals surface area (Å²) in [5, 5.41) is 22.0. The highest BCUT2D eigenvalue weighted by Crippen LogP contribution is 2.41. The Kier molecular flexibility index (Phi) is 10.1. The number of aliphatic hydroxyl groups excluding tert-OH is 1. The highest BCUT2D eigenvalue weighted by molar-refractivity contribution is 5.73. The molecule has 0 aliphatic carbocycles. The fourth-order valence-corrected chi connectivity index (χ4v) is 2.54. The fourth-order valence-electron chi connectivity index (χ4n) is 2.54. The van der Waals surface area contributed by atoms with Crippen molar-refractivity contribution in [3.63, 3.8) is 0 Å². The van der Waals surface area contributed by atoms with E-state index in [2.05, 4.69) is 0 Å². The molecule has 2 N–H and O–H groups in total. The lowest BCUT2D eigenvalue weighted by Gasteiger charge is -2.47. The van der Waals surface area contributed by atoms with Gasteiger partial charge in [0.2, 0.25) is 0 Å². The van der Waals surface area contributed by atoms with Crippen LogP contribution in [0.3, 0.4) is 0 Å². The van der Waals surface area contributed by atoms with Gasteiger partial charge in [0, 0.05) is 26.2 Å². The molecule has 0 aliphatic rings. The Morgan fingerprint density at radius 1 is 0.750 bits per heavy atom. The molecular weight excluding hydrogens is 368 g/mol. The molecule has 8 heteroatoms. The monoisotopic (exact) mass is 404 g/mol. The van der Waals surface area contributed by atoms with Crippen LogP contribution < -0.4 is 0 Å². The van der Waals surface area contributed by atoms with Gasteiger partial charge in [-0.2, -0.15) is 0 Å². The zero-order valence-electron chi connectivity index (χ0n) is 18.2. The molecule has 164 valence electrons. The molecule has 0 fully saturated rings. The van der Waals surface area contributed by atoms with Crippen LogP contribution in [0.2, 0.25) is 0 Å². The van der Waals surface area contributed by atoms with Crippen molar-refractivity contribution in [1.82, 2.24) is 0 Å². The van der Waals surface area contributed by atoms with Crippen molar-refractivity contribution in [2.75, 3.05) is 0 Å². The molecule has 0 amide bonds. The topological polar surface area (TPSA) is 119 Å². The fraction of sp³-hybridized carbons (Fsp3) is 0.850. The number of hydrogen-bond acceptors (Lipinski definition) is 8. The van der Waals surface area contributed by atoms with Gasteiger partial charge in [-0.05, 0) is 24.7 Å². The van der Waals surface area contributed by atoms with Crippen LogP contribution in [0.4, 0.5) is 0 Å². The van der Waals surface area contributed by atoms with E-state index >= 15 is 0 Å². The zero-order chi connectivity index (χ0) is 22.2. The lowest BCUT2D eigenvalue weighted by Crippen LogP contribution is -2.68. The van der Waals surface area contributed by atoms with E-state index in [0.29, 0.717) is 19.3 Å². The SMILES string of the molecule is CCCC(=O)OC(C)(O)C(OC(=O)CCC)(OC(=O)CCC)C(O)C(C)(C)C. The average Bonchev–Trinajstić information content (AvgIpc) is 2.52. The van der Waals surface area contributed by atoms with Crippen molar-refractivity contribution >= 4 is 17.9 Å². The van der Waals surface area contributed by atoms with Gasteiger partial charge in [-0.25, -0.2) is 0 Å². The predicted molar refractivity (Wildman–Crippen MR) is 102 cm³/mol. The lowest BCUT2D eigenvalue weighted by molar-refractivity contribution is -0.390. The van der Waals surface area contributed by atoms with Crippen LogP contribution in [-0.4, -0.2) is 45.8 Å². The maximum atomic E-state index is 12.3. The average molecular weight is 405 g/mol. The predicted octanol–water partition coefficient (Wildman–Crippen LogP) is 2.83. The van der Waals surface area contributed by atoms with Crippen LogP contribution in [0.5, 0.6) is 0 Å². The minimum absolute atomic E-state index is 0.0103. The molecule has 0 aromatic heterocycles. The van der Waals surface area contributed by atoms with E-state index in [1.54, 1.807) is 41.5 Å². The maximum absolute atomic E-state index is 12.3. The van der Waals surface area contributed by atoms with E-state index in [0.717, 1.165) is 6.92 Å². The first kappa shape index (κ1) is 26.3. The largest absolute Gasteiger partial charge is 0.425 e. The Labute approximate surface area is 167 Å². The summed E-state index contributed by atoms with van der Waals surface area (Å²) in [6.07, 6.45) is -0.460. The second-order valence-corrected chi connectivity index (χ2v) is 8.09. The molecule has 2 unspecified atom stereocenters. The number of ether oxygens (including phenoxy) is 3. The summed E-state index contributed by atoms with van der Waals surface area (Å²) in [6, 6.07) is 0. The summed E-state index contributed by atoms with van der Waals surface area (Å²) in [4.78, 5) is 36.7. The van der Waals surface area contributed by atoms with Crippen molar-refractivity contribution in [3.8, 4) is 0 Å². The summed E-state index contributed by atoms with van der Waals surface area (Å²) >= 11 is 0. The number of carbonyl (C=O) groups is 3. The third-order valence-electron chi connectivity index (χ3n) is 4.03. The van der Waals surface area contributed by atoms with Gasteiger partial charge < -0.3 is 24.4 Å². The summed E-state index contributed by atoms with van der Waals surface area (Å²) < 4.78 is 15.9. The molecule has 0 aliphatic heterocycles. The third kappa shape index (κ3) is 7.05. The summed E-state index contributed by atoms with van der Waals surface area (Å²) in [6.45, 7) is 11.1. The quantitative estimate of drug-likeness (QED) is 0.398. The molecule has 0 saturated heterocycles. The molecule has 2 atom stereocenters. The molecular formula is C20H36O8. The van der Waals surface area contributed by atoms with Crippen molar-refractivity contribution in [1.29, 1.82) is 0 Å². The number of hydrogen-bond donors (Lipinski definition) is 2. The van der Waals surface area contributed by atoms with Crippen molar-refractivity contribution in [2.45, 2.75) is 105 Å². The Morgan fingerprint density at radius 3 is 1.36 bits per heavy atom. The summed E-state index contributed by atoms with van der Waals surface area (Å²) in [7, 11) is 0. The first-order valence-corrected chi connectivity index (χ1v) is 9.83. The van der Waals surface area contributed by atoms with Gasteiger partial charge in [0.1, 0.15) is 6.10 Å². The molecule has 0 saturated carbocycles. The first-order chi connectivity index (χ1) is 12.8. The van der Waals surface area contributed by atoms with Gasteiger partial charge in [-0.3, -0.25) is 14.4 Å². The standard InChI is InChI=1S/C20H36O8/c1-8-11-14(21)26-19(7,25)20(17(24)18(4,5)6,27-15(22)12-9-2)28-16(23)13-10-3/h17,24-25H,8-13H2,1-7H3. The normalized spacial score (nSPS) is 15.3. The minimum atomic E-state index is -2.62. The number of aliphatic hydroxyl groups is 2. The molecule has 0 aromatic rings. The van der Waals surface area contributed by atoms with Crippen molar-refractivity contribution in [3.05, 3.63) is 0 Å². The van der Waals surface area contributed by atoms with E-state index in [1.807, 2.05) is 0 Å². The van der Waals surface area contributed by atoms with E-state index in [-0.39, 0.29) is 19.3 Å². The second kappa shape index (κ2) is 10.8. The molecule has 8 nitrogen and oxygen atoms in total. The van der Waals surface area contributed by atoms with Crippen LogP contribution >= 0.6 is 0 Å². The van der Waals surface area contributed by atoms with Crippen LogP contribution in [0.25, 0.3) is 0 Å². The molecule has 0 rings (SSSR count). The summed E-state index contributed by atoms with van der Waals surface area (Å²) in [5.41, 5.74) is -1.000. The molecule has 0 bridgehead atoms. The van der Waals surface area contributed by atoms with Gasteiger partial charge in [0.05, 0.1) is 0 Å². The van der Waals surface area contributed by atoms with E-state index in [9.17, 15) is 24.6 Å². The highest BCUT2D eigenvalue weighted by Gasteiger charge is 2.65. The lowest BCUT2D eigenvalue weighted by atomic mass is 9.80. The first-order valence-electron chi connectivity index (χ1n) is 9.83. The van der Waals surface area contributed by atoms with Gasteiger partial charge in [0.25, 0.3) is 5.79 Å². The highest BCUT2D eigenvalue weighted by atomic mass is 16.8. The summed E-state index contributed by atoms with van der Waals surface area (Å²) in [5.74, 6) is -7.62. The van der Waals surface area contributed by atoms with Crippen molar-refractivity contribution in [2.24, 2.45) is 5.41 Å². The number of rotatable bonds is 11. The molecule has 0 aromatic carbocycles. The van der Waals surface area contributed by atoms with E-state index < -0.39 is 41.0 Å². The number of carbonyl (C=O) groups excluding carboxylic acids is 3. The maximum Gasteiger partial charge on any atom is 0.348 e. The second-order valence-electron chi connectivity index (χ2n) is 8.09. The van der Waals surface area contributed by atoms with E-state index in [4.69, 9.17) is 14.2 Å². The Balaban J connectivity index is 6.37. The van der Waals surface area contributed by atoms with Crippen molar-refractivity contribution < 1.29 is 38.8 Å². The van der Waals surface area contributed by atoms with Crippen LogP contribution in [-0.2, 0) is 28.6 Å². The Bertz CT molecular complexity index is 513. The van der Waals surface area contributed by atoms with Crippen LogP contribution in [0.1, 0.15) is 87.0 Å². The van der Waals surface area contributed by atoms with Crippen LogP contribution in [0.15, 0.2) is 0 Å². The van der Waals surface area contributed by atoms with Crippen LogP contribution in [0, 0.1) is 5.41 Å². The van der Waals surface area contributed by atoms with Gasteiger partial charge in [-0.15, -0.1) is 0 Å². The zero-order valence-corrected chi connectivity index (χ0v) is 18.2.